The van der Waals surface area contributed by atoms with E-state index in [9.17, 15) is 0 Å². The molecule has 0 amide bonds. The van der Waals surface area contributed by atoms with Crippen molar-refractivity contribution in [2.75, 3.05) is 11.9 Å². The lowest BCUT2D eigenvalue weighted by molar-refractivity contribution is 0.392. The summed E-state index contributed by atoms with van der Waals surface area (Å²) in [4.78, 5) is 11.7. The molecule has 0 radical (unpaired) electrons. The first-order chi connectivity index (χ1) is 9.43. The molecule has 0 atom stereocenters. The smallest absolute Gasteiger partial charge is 0.142 e. The number of rotatable bonds is 3. The Morgan fingerprint density at radius 3 is 2.74 bits per heavy atom. The van der Waals surface area contributed by atoms with Crippen molar-refractivity contribution < 1.29 is 0 Å². The fraction of sp³-hybridized carbons (Fsp3) is 0.600. The van der Waals surface area contributed by atoms with Crippen molar-refractivity contribution in [3.63, 3.8) is 0 Å². The Labute approximate surface area is 114 Å². The van der Waals surface area contributed by atoms with E-state index in [0.717, 1.165) is 29.3 Å². The summed E-state index contributed by atoms with van der Waals surface area (Å²) in [6.07, 6.45) is 13.3. The molecule has 0 aliphatic heterocycles. The van der Waals surface area contributed by atoms with E-state index in [1.165, 1.54) is 44.9 Å². The molecule has 0 bridgehead atoms. The first-order valence-corrected chi connectivity index (χ1v) is 7.45. The van der Waals surface area contributed by atoms with E-state index in [-0.39, 0.29) is 0 Å². The van der Waals surface area contributed by atoms with E-state index < -0.39 is 0 Å². The summed E-state index contributed by atoms with van der Waals surface area (Å²) >= 11 is 0. The number of nitrogens with one attached hydrogen (secondary N) is 2. The van der Waals surface area contributed by atoms with Crippen LogP contribution < -0.4 is 5.32 Å². The molecule has 0 unspecified atom stereocenters. The Morgan fingerprint density at radius 1 is 1.11 bits per heavy atom. The van der Waals surface area contributed by atoms with E-state index in [2.05, 4.69) is 20.3 Å². The van der Waals surface area contributed by atoms with Crippen molar-refractivity contribution in [1.82, 2.24) is 15.0 Å². The summed E-state index contributed by atoms with van der Waals surface area (Å²) in [6, 6.07) is 2.04. The maximum absolute atomic E-state index is 4.36. The topological polar surface area (TPSA) is 53.6 Å². The first kappa shape index (κ1) is 12.5. The monoisotopic (exact) mass is 258 g/mol. The number of aromatic nitrogens is 3. The third-order valence-corrected chi connectivity index (χ3v) is 4.14. The van der Waals surface area contributed by atoms with Gasteiger partial charge in [-0.1, -0.05) is 32.1 Å². The molecule has 4 heteroatoms. The van der Waals surface area contributed by atoms with Crippen LogP contribution in [0.5, 0.6) is 0 Å². The van der Waals surface area contributed by atoms with Crippen LogP contribution in [0.4, 0.5) is 5.82 Å². The minimum atomic E-state index is 0.796. The highest BCUT2D eigenvalue weighted by Crippen LogP contribution is 2.24. The fourth-order valence-corrected chi connectivity index (χ4v) is 3.00. The van der Waals surface area contributed by atoms with Crippen LogP contribution >= 0.6 is 0 Å². The molecule has 2 aromatic heterocycles. The van der Waals surface area contributed by atoms with Crippen LogP contribution in [0.2, 0.25) is 0 Å². The normalized spacial score (nSPS) is 18.1. The Bertz CT molecular complexity index is 512. The van der Waals surface area contributed by atoms with Crippen molar-refractivity contribution in [2.24, 2.45) is 5.92 Å². The Morgan fingerprint density at radius 2 is 1.89 bits per heavy atom. The zero-order valence-corrected chi connectivity index (χ0v) is 11.4. The quantitative estimate of drug-likeness (QED) is 0.882. The standard InChI is InChI=1S/C15H22N4/c1-2-4-6-12(7-5-3-1)10-17-15-13-8-9-16-14(13)18-11-19-15/h8-9,11-12H,1-7,10H2,(H2,16,17,18,19). The molecule has 1 aliphatic carbocycles. The van der Waals surface area contributed by atoms with E-state index in [4.69, 9.17) is 0 Å². The van der Waals surface area contributed by atoms with Gasteiger partial charge in [-0.15, -0.1) is 0 Å². The third-order valence-electron chi connectivity index (χ3n) is 4.14. The van der Waals surface area contributed by atoms with Gasteiger partial charge in [0.1, 0.15) is 17.8 Å². The van der Waals surface area contributed by atoms with Gasteiger partial charge in [0.2, 0.25) is 0 Å². The predicted molar refractivity (Wildman–Crippen MR) is 78.2 cm³/mol. The Kier molecular flexibility index (Phi) is 3.96. The number of nitrogens with zero attached hydrogens (tertiary/aromatic N) is 2. The highest BCUT2D eigenvalue weighted by Gasteiger charge is 2.12. The van der Waals surface area contributed by atoms with Crippen LogP contribution in [-0.2, 0) is 0 Å². The van der Waals surface area contributed by atoms with Gasteiger partial charge >= 0.3 is 0 Å². The summed E-state index contributed by atoms with van der Waals surface area (Å²) in [7, 11) is 0. The molecule has 1 fully saturated rings. The maximum atomic E-state index is 4.36. The maximum Gasteiger partial charge on any atom is 0.142 e. The second-order valence-electron chi connectivity index (χ2n) is 5.55. The average Bonchev–Trinajstić information content (AvgIpc) is 2.86. The lowest BCUT2D eigenvalue weighted by atomic mass is 9.91. The molecule has 2 heterocycles. The van der Waals surface area contributed by atoms with Gasteiger partial charge in [0.05, 0.1) is 5.39 Å². The molecular weight excluding hydrogens is 236 g/mol. The van der Waals surface area contributed by atoms with Crippen molar-refractivity contribution in [1.29, 1.82) is 0 Å². The molecule has 19 heavy (non-hydrogen) atoms. The second-order valence-corrected chi connectivity index (χ2v) is 5.55. The van der Waals surface area contributed by atoms with Gasteiger partial charge < -0.3 is 10.3 Å². The van der Waals surface area contributed by atoms with Gasteiger partial charge in [0.15, 0.2) is 0 Å². The van der Waals surface area contributed by atoms with Crippen molar-refractivity contribution >= 4 is 16.9 Å². The number of anilines is 1. The van der Waals surface area contributed by atoms with E-state index >= 15 is 0 Å². The van der Waals surface area contributed by atoms with Gasteiger partial charge in [0, 0.05) is 12.7 Å². The number of H-pyrrole nitrogens is 1. The van der Waals surface area contributed by atoms with E-state index in [1.54, 1.807) is 6.33 Å². The third kappa shape index (κ3) is 3.06. The number of hydrogen-bond acceptors (Lipinski definition) is 3. The molecule has 2 N–H and O–H groups in total. The summed E-state index contributed by atoms with van der Waals surface area (Å²) < 4.78 is 0. The van der Waals surface area contributed by atoms with Gasteiger partial charge in [-0.2, -0.15) is 0 Å². The Hall–Kier alpha value is -1.58. The zero-order chi connectivity index (χ0) is 12.9. The van der Waals surface area contributed by atoms with Gasteiger partial charge in [-0.25, -0.2) is 9.97 Å². The minimum absolute atomic E-state index is 0.796. The van der Waals surface area contributed by atoms with Crippen molar-refractivity contribution in [2.45, 2.75) is 44.9 Å². The molecular formula is C15H22N4. The molecule has 2 aromatic rings. The summed E-state index contributed by atoms with van der Waals surface area (Å²) in [5.41, 5.74) is 0.912. The van der Waals surface area contributed by atoms with Crippen LogP contribution in [0.3, 0.4) is 0 Å². The second kappa shape index (κ2) is 6.04. The highest BCUT2D eigenvalue weighted by molar-refractivity contribution is 5.86. The molecule has 1 saturated carbocycles. The highest BCUT2D eigenvalue weighted by atomic mass is 15.0. The number of fused-ring (bicyclic) bond motifs is 1. The van der Waals surface area contributed by atoms with Crippen LogP contribution in [0.25, 0.3) is 11.0 Å². The summed E-state index contributed by atoms with van der Waals surface area (Å²) in [5, 5.41) is 4.61. The average molecular weight is 258 g/mol. The lowest BCUT2D eigenvalue weighted by Gasteiger charge is -2.20. The van der Waals surface area contributed by atoms with Gasteiger partial charge in [0.25, 0.3) is 0 Å². The van der Waals surface area contributed by atoms with Crippen molar-refractivity contribution in [3.05, 3.63) is 18.6 Å². The van der Waals surface area contributed by atoms with Crippen LogP contribution in [0.1, 0.15) is 44.9 Å². The van der Waals surface area contributed by atoms with E-state index in [0.29, 0.717) is 0 Å². The lowest BCUT2D eigenvalue weighted by Crippen LogP contribution is -2.16. The van der Waals surface area contributed by atoms with Crippen LogP contribution in [0.15, 0.2) is 18.6 Å². The first-order valence-electron chi connectivity index (χ1n) is 7.45. The van der Waals surface area contributed by atoms with Gasteiger partial charge in [-0.3, -0.25) is 0 Å². The zero-order valence-electron chi connectivity index (χ0n) is 11.4. The molecule has 4 nitrogen and oxygen atoms in total. The van der Waals surface area contributed by atoms with E-state index in [1.807, 2.05) is 12.3 Å². The predicted octanol–water partition coefficient (Wildman–Crippen LogP) is 3.73. The molecule has 0 spiro atoms. The molecule has 0 saturated heterocycles. The minimum Gasteiger partial charge on any atom is -0.369 e. The summed E-state index contributed by atoms with van der Waals surface area (Å²) in [5.74, 6) is 1.76. The molecule has 102 valence electrons. The van der Waals surface area contributed by atoms with Gasteiger partial charge in [-0.05, 0) is 24.8 Å². The Balaban J connectivity index is 1.63. The number of hydrogen-bond donors (Lipinski definition) is 2. The largest absolute Gasteiger partial charge is 0.369 e. The van der Waals surface area contributed by atoms with Crippen LogP contribution in [-0.4, -0.2) is 21.5 Å². The summed E-state index contributed by atoms with van der Waals surface area (Å²) in [6.45, 7) is 1.04. The van der Waals surface area contributed by atoms with Crippen molar-refractivity contribution in [3.8, 4) is 0 Å². The van der Waals surface area contributed by atoms with Crippen LogP contribution in [0, 0.1) is 5.92 Å². The number of aromatic amines is 1. The fourth-order valence-electron chi connectivity index (χ4n) is 3.00. The molecule has 0 aromatic carbocycles. The molecule has 1 aliphatic rings. The SMILES string of the molecule is c1nc(NCC2CCCCCCC2)c2cc[nH]c2n1. The molecule has 3 rings (SSSR count).